The average Bonchev–Trinajstić information content (AvgIpc) is 2.23. The molecule has 0 saturated heterocycles. The standard InChI is InChI=1S/C11H23ClO2S/c1-2-3-4-5-6-7-8-15(14)10-11(13)9-12/h11,13H,2-10H2,1H3/t11-,15-/m1/s1. The molecule has 2 nitrogen and oxygen atoms in total. The summed E-state index contributed by atoms with van der Waals surface area (Å²) in [6.45, 7) is 2.20. The Bertz CT molecular complexity index is 165. The lowest BCUT2D eigenvalue weighted by atomic mass is 10.1. The van der Waals surface area contributed by atoms with Gasteiger partial charge in [-0.05, 0) is 6.42 Å². The molecule has 0 aliphatic heterocycles. The van der Waals surface area contributed by atoms with E-state index in [0.717, 1.165) is 12.8 Å². The van der Waals surface area contributed by atoms with Gasteiger partial charge in [0.2, 0.25) is 0 Å². The summed E-state index contributed by atoms with van der Waals surface area (Å²) < 4.78 is 11.4. The van der Waals surface area contributed by atoms with Gasteiger partial charge in [0.25, 0.3) is 0 Å². The van der Waals surface area contributed by atoms with Gasteiger partial charge in [0.1, 0.15) is 0 Å². The third-order valence-corrected chi connectivity index (χ3v) is 4.14. The predicted octanol–water partition coefficient (Wildman–Crippen LogP) is 2.70. The van der Waals surface area contributed by atoms with Crippen molar-refractivity contribution in [2.24, 2.45) is 0 Å². The van der Waals surface area contributed by atoms with Gasteiger partial charge in [-0.2, -0.15) is 0 Å². The van der Waals surface area contributed by atoms with Crippen LogP contribution in [0.15, 0.2) is 0 Å². The first kappa shape index (κ1) is 15.4. The van der Waals surface area contributed by atoms with E-state index in [4.69, 9.17) is 11.6 Å². The third kappa shape index (κ3) is 10.7. The molecule has 0 radical (unpaired) electrons. The normalized spacial score (nSPS) is 15.1. The van der Waals surface area contributed by atoms with Gasteiger partial charge >= 0.3 is 0 Å². The summed E-state index contributed by atoms with van der Waals surface area (Å²) in [7, 11) is -0.892. The van der Waals surface area contributed by atoms with E-state index in [9.17, 15) is 9.32 Å². The molecule has 0 fully saturated rings. The summed E-state index contributed by atoms with van der Waals surface area (Å²) >= 11 is 5.43. The Kier molecular flexibility index (Phi) is 11.2. The zero-order valence-electron chi connectivity index (χ0n) is 9.58. The lowest BCUT2D eigenvalue weighted by Crippen LogP contribution is -2.19. The van der Waals surface area contributed by atoms with Crippen LogP contribution < -0.4 is 0 Å². The molecule has 0 aromatic rings. The predicted molar refractivity (Wildman–Crippen MR) is 68.0 cm³/mol. The smallest absolute Gasteiger partial charge is 0.0790 e. The van der Waals surface area contributed by atoms with Crippen molar-refractivity contribution in [3.63, 3.8) is 0 Å². The minimum absolute atomic E-state index is 0.183. The molecule has 0 amide bonds. The Morgan fingerprint density at radius 2 is 1.80 bits per heavy atom. The zero-order chi connectivity index (χ0) is 11.5. The third-order valence-electron chi connectivity index (χ3n) is 2.28. The van der Waals surface area contributed by atoms with Crippen molar-refractivity contribution in [1.82, 2.24) is 0 Å². The zero-order valence-corrected chi connectivity index (χ0v) is 11.2. The van der Waals surface area contributed by atoms with Crippen molar-refractivity contribution in [1.29, 1.82) is 0 Å². The molecule has 0 spiro atoms. The SMILES string of the molecule is CCCCCCCC[S@@](=O)C[C@H](O)CCl. The summed E-state index contributed by atoms with van der Waals surface area (Å²) in [4.78, 5) is 0. The molecule has 0 heterocycles. The minimum atomic E-state index is -0.892. The van der Waals surface area contributed by atoms with Crippen LogP contribution in [-0.2, 0) is 10.8 Å². The van der Waals surface area contributed by atoms with E-state index in [-0.39, 0.29) is 5.88 Å². The molecule has 0 aromatic carbocycles. The monoisotopic (exact) mass is 254 g/mol. The van der Waals surface area contributed by atoms with Crippen molar-refractivity contribution < 1.29 is 9.32 Å². The molecule has 15 heavy (non-hydrogen) atoms. The van der Waals surface area contributed by atoms with Crippen molar-refractivity contribution >= 4 is 22.4 Å². The van der Waals surface area contributed by atoms with E-state index >= 15 is 0 Å². The number of halogens is 1. The molecule has 0 rings (SSSR count). The van der Waals surface area contributed by atoms with Crippen molar-refractivity contribution in [2.45, 2.75) is 51.6 Å². The van der Waals surface area contributed by atoms with Gasteiger partial charge in [0.15, 0.2) is 0 Å². The molecule has 4 heteroatoms. The highest BCUT2D eigenvalue weighted by Gasteiger charge is 2.07. The van der Waals surface area contributed by atoms with Gasteiger partial charge in [0.05, 0.1) is 11.9 Å². The topological polar surface area (TPSA) is 37.3 Å². The molecule has 2 atom stereocenters. The molecule has 1 N–H and O–H groups in total. The van der Waals surface area contributed by atoms with Gasteiger partial charge in [-0.15, -0.1) is 11.6 Å². The number of unbranched alkanes of at least 4 members (excludes halogenated alkanes) is 5. The van der Waals surface area contributed by atoms with E-state index in [1.54, 1.807) is 0 Å². The summed E-state index contributed by atoms with van der Waals surface area (Å²) in [5.41, 5.74) is 0. The maximum absolute atomic E-state index is 11.4. The van der Waals surface area contributed by atoms with E-state index < -0.39 is 16.9 Å². The summed E-state index contributed by atoms with van der Waals surface area (Å²) in [6, 6.07) is 0. The Morgan fingerprint density at radius 1 is 1.20 bits per heavy atom. The van der Waals surface area contributed by atoms with Gasteiger partial charge < -0.3 is 5.11 Å². The summed E-state index contributed by atoms with van der Waals surface area (Å²) in [5, 5.41) is 9.18. The van der Waals surface area contributed by atoms with Gasteiger partial charge in [0, 0.05) is 22.4 Å². The molecule has 0 aromatic heterocycles. The Morgan fingerprint density at radius 3 is 2.40 bits per heavy atom. The van der Waals surface area contributed by atoms with Crippen LogP contribution in [0.25, 0.3) is 0 Å². The van der Waals surface area contributed by atoms with Crippen LogP contribution in [0.5, 0.6) is 0 Å². The lowest BCUT2D eigenvalue weighted by Gasteiger charge is -2.06. The largest absolute Gasteiger partial charge is 0.391 e. The fourth-order valence-electron chi connectivity index (χ4n) is 1.39. The molecule has 0 aliphatic rings. The molecular weight excluding hydrogens is 232 g/mol. The molecule has 92 valence electrons. The van der Waals surface area contributed by atoms with Gasteiger partial charge in [-0.1, -0.05) is 39.0 Å². The highest BCUT2D eigenvalue weighted by molar-refractivity contribution is 7.85. The number of aliphatic hydroxyl groups is 1. The van der Waals surface area contributed by atoms with Crippen molar-refractivity contribution in [3.05, 3.63) is 0 Å². The molecule has 0 bridgehead atoms. The summed E-state index contributed by atoms with van der Waals surface area (Å²) in [6.07, 6.45) is 6.64. The maximum Gasteiger partial charge on any atom is 0.0790 e. The van der Waals surface area contributed by atoms with E-state index in [2.05, 4.69) is 6.92 Å². The highest BCUT2D eigenvalue weighted by Crippen LogP contribution is 2.06. The van der Waals surface area contributed by atoms with Crippen LogP contribution in [0, 0.1) is 0 Å². The molecule has 0 saturated carbocycles. The second kappa shape index (κ2) is 10.9. The first-order valence-corrected chi connectivity index (χ1v) is 7.82. The Balaban J connectivity index is 3.24. The molecule has 0 aliphatic carbocycles. The second-order valence-electron chi connectivity index (χ2n) is 3.89. The number of rotatable bonds is 10. The number of aliphatic hydroxyl groups excluding tert-OH is 1. The van der Waals surface area contributed by atoms with Crippen LogP contribution in [0.3, 0.4) is 0 Å². The number of alkyl halides is 1. The van der Waals surface area contributed by atoms with Crippen molar-refractivity contribution in [2.75, 3.05) is 17.4 Å². The molecular formula is C11H23ClO2S. The fourth-order valence-corrected chi connectivity index (χ4v) is 2.86. The van der Waals surface area contributed by atoms with E-state index in [1.807, 2.05) is 0 Å². The van der Waals surface area contributed by atoms with Crippen LogP contribution in [0.4, 0.5) is 0 Å². The van der Waals surface area contributed by atoms with Crippen LogP contribution in [-0.4, -0.2) is 32.8 Å². The van der Waals surface area contributed by atoms with Gasteiger partial charge in [-0.3, -0.25) is 4.21 Å². The Labute approximate surface area is 101 Å². The highest BCUT2D eigenvalue weighted by atomic mass is 35.5. The molecule has 0 unspecified atom stereocenters. The van der Waals surface area contributed by atoms with Gasteiger partial charge in [-0.25, -0.2) is 0 Å². The van der Waals surface area contributed by atoms with Crippen molar-refractivity contribution in [3.8, 4) is 0 Å². The first-order valence-electron chi connectivity index (χ1n) is 5.79. The average molecular weight is 255 g/mol. The first-order chi connectivity index (χ1) is 7.20. The number of hydrogen-bond acceptors (Lipinski definition) is 2. The summed E-state index contributed by atoms with van der Waals surface area (Å²) in [5.74, 6) is 1.22. The van der Waals surface area contributed by atoms with Crippen LogP contribution in [0.1, 0.15) is 45.4 Å². The lowest BCUT2D eigenvalue weighted by molar-refractivity contribution is 0.222. The van der Waals surface area contributed by atoms with E-state index in [0.29, 0.717) is 11.5 Å². The Hall–Kier alpha value is 0.400. The second-order valence-corrected chi connectivity index (χ2v) is 5.82. The minimum Gasteiger partial charge on any atom is -0.391 e. The fraction of sp³-hybridized carbons (Fsp3) is 1.00. The quantitative estimate of drug-likeness (QED) is 0.481. The van der Waals surface area contributed by atoms with Crippen LogP contribution >= 0.6 is 11.6 Å². The number of hydrogen-bond donors (Lipinski definition) is 1. The van der Waals surface area contributed by atoms with Crippen LogP contribution in [0.2, 0.25) is 0 Å². The van der Waals surface area contributed by atoms with E-state index in [1.165, 1.54) is 25.7 Å². The maximum atomic E-state index is 11.4.